The molecule has 0 amide bonds. The molecule has 0 saturated heterocycles. The van der Waals surface area contributed by atoms with Gasteiger partial charge in [0.2, 0.25) is 0 Å². The van der Waals surface area contributed by atoms with Gasteiger partial charge < -0.3 is 9.47 Å². The van der Waals surface area contributed by atoms with Gasteiger partial charge in [-0.3, -0.25) is 9.36 Å². The fourth-order valence-corrected chi connectivity index (χ4v) is 1.86. The van der Waals surface area contributed by atoms with Crippen molar-refractivity contribution in [3.8, 4) is 0 Å². The number of esters is 2. The van der Waals surface area contributed by atoms with E-state index in [-0.39, 0.29) is 18.8 Å². The maximum Gasteiger partial charge on any atom is 0.358 e. The summed E-state index contributed by atoms with van der Waals surface area (Å²) in [6.07, 6.45) is 2.99. The van der Waals surface area contributed by atoms with Gasteiger partial charge in [0.15, 0.2) is 5.69 Å². The third kappa shape index (κ3) is 6.61. The van der Waals surface area contributed by atoms with Crippen molar-refractivity contribution in [1.29, 1.82) is 0 Å². The van der Waals surface area contributed by atoms with Crippen LogP contribution in [0.25, 0.3) is 0 Å². The van der Waals surface area contributed by atoms with Crippen molar-refractivity contribution in [2.75, 3.05) is 26.6 Å². The van der Waals surface area contributed by atoms with E-state index in [4.69, 9.17) is 9.47 Å². The van der Waals surface area contributed by atoms with Gasteiger partial charge in [-0.1, -0.05) is 0 Å². The van der Waals surface area contributed by atoms with Crippen molar-refractivity contribution in [2.24, 2.45) is 0 Å². The highest BCUT2D eigenvalue weighted by atomic mass is 19.1. The average molecular weight is 372 g/mol. The SMILES string of the molecule is CCOC(=O)c1ccn(CCF)n1.CCOC(=O)c1ccnn1CCF. The highest BCUT2D eigenvalue weighted by Gasteiger charge is 2.12. The number of aromatic nitrogens is 4. The lowest BCUT2D eigenvalue weighted by Gasteiger charge is -2.03. The Morgan fingerprint density at radius 1 is 1.04 bits per heavy atom. The Labute approximate surface area is 149 Å². The number of hydrogen-bond donors (Lipinski definition) is 0. The predicted molar refractivity (Wildman–Crippen MR) is 88.3 cm³/mol. The van der Waals surface area contributed by atoms with E-state index in [0.717, 1.165) is 0 Å². The third-order valence-corrected chi connectivity index (χ3v) is 2.94. The molecule has 2 aromatic heterocycles. The molecule has 26 heavy (non-hydrogen) atoms. The van der Waals surface area contributed by atoms with E-state index in [2.05, 4.69) is 10.2 Å². The van der Waals surface area contributed by atoms with Crippen LogP contribution in [0.15, 0.2) is 24.5 Å². The van der Waals surface area contributed by atoms with Crippen LogP contribution in [0, 0.1) is 0 Å². The van der Waals surface area contributed by atoms with E-state index in [1.807, 2.05) is 0 Å². The zero-order valence-corrected chi connectivity index (χ0v) is 14.7. The first kappa shape index (κ1) is 21.3. The van der Waals surface area contributed by atoms with Crippen LogP contribution in [0.2, 0.25) is 0 Å². The smallest absolute Gasteiger partial charge is 0.358 e. The number of hydrogen-bond acceptors (Lipinski definition) is 6. The summed E-state index contributed by atoms with van der Waals surface area (Å²) in [6, 6.07) is 3.02. The Morgan fingerprint density at radius 2 is 1.69 bits per heavy atom. The van der Waals surface area contributed by atoms with Crippen LogP contribution in [0.5, 0.6) is 0 Å². The number of halogens is 2. The summed E-state index contributed by atoms with van der Waals surface area (Å²) in [5, 5.41) is 7.61. The van der Waals surface area contributed by atoms with E-state index in [0.29, 0.717) is 18.9 Å². The van der Waals surface area contributed by atoms with Crippen molar-refractivity contribution in [3.05, 3.63) is 35.9 Å². The van der Waals surface area contributed by atoms with Crippen LogP contribution in [-0.4, -0.2) is 58.1 Å². The van der Waals surface area contributed by atoms with Crippen LogP contribution >= 0.6 is 0 Å². The number of carbonyl (C=O) groups is 2. The minimum Gasteiger partial charge on any atom is -0.461 e. The lowest BCUT2D eigenvalue weighted by molar-refractivity contribution is 0.0504. The van der Waals surface area contributed by atoms with Crippen molar-refractivity contribution in [1.82, 2.24) is 19.6 Å². The first-order chi connectivity index (χ1) is 12.6. The molecule has 0 atom stereocenters. The molecule has 0 aliphatic rings. The highest BCUT2D eigenvalue weighted by molar-refractivity contribution is 5.87. The Bertz CT molecular complexity index is 687. The quantitative estimate of drug-likeness (QED) is 0.659. The molecule has 0 fully saturated rings. The lowest BCUT2D eigenvalue weighted by Crippen LogP contribution is -2.14. The summed E-state index contributed by atoms with van der Waals surface area (Å²) in [5.41, 5.74) is 0.509. The lowest BCUT2D eigenvalue weighted by atomic mass is 10.4. The summed E-state index contributed by atoms with van der Waals surface area (Å²) in [5.74, 6) is -0.937. The third-order valence-electron chi connectivity index (χ3n) is 2.94. The first-order valence-corrected chi connectivity index (χ1v) is 8.08. The molecule has 0 unspecified atom stereocenters. The Kier molecular flexibility index (Phi) is 9.58. The molecule has 0 radical (unpaired) electrons. The molecule has 10 heteroatoms. The van der Waals surface area contributed by atoms with Crippen LogP contribution in [0.3, 0.4) is 0 Å². The number of carbonyl (C=O) groups excluding carboxylic acids is 2. The summed E-state index contributed by atoms with van der Waals surface area (Å²) in [4.78, 5) is 22.3. The molecule has 0 aromatic carbocycles. The van der Waals surface area contributed by atoms with E-state index < -0.39 is 25.3 Å². The summed E-state index contributed by atoms with van der Waals surface area (Å²) in [7, 11) is 0. The molecule has 0 aliphatic heterocycles. The van der Waals surface area contributed by atoms with Crippen molar-refractivity contribution in [2.45, 2.75) is 26.9 Å². The van der Waals surface area contributed by atoms with E-state index in [9.17, 15) is 18.4 Å². The minimum absolute atomic E-state index is 0.0845. The van der Waals surface area contributed by atoms with Crippen molar-refractivity contribution >= 4 is 11.9 Å². The standard InChI is InChI=1S/2C8H11FN2O2/c1-2-13-8(12)7-3-5-11(10-7)6-4-9;1-2-13-8(12)7-3-5-10-11(7)6-4-9/h2*3,5H,2,4,6H2,1H3. The van der Waals surface area contributed by atoms with E-state index in [1.54, 1.807) is 20.0 Å². The average Bonchev–Trinajstić information content (AvgIpc) is 3.26. The molecule has 8 nitrogen and oxygen atoms in total. The summed E-state index contributed by atoms with van der Waals surface area (Å²) >= 11 is 0. The second-order valence-corrected chi connectivity index (χ2v) is 4.72. The highest BCUT2D eigenvalue weighted by Crippen LogP contribution is 2.01. The van der Waals surface area contributed by atoms with Gasteiger partial charge >= 0.3 is 11.9 Å². The molecule has 0 spiro atoms. The van der Waals surface area contributed by atoms with Gasteiger partial charge in [-0.2, -0.15) is 10.2 Å². The maximum absolute atomic E-state index is 12.0. The van der Waals surface area contributed by atoms with Gasteiger partial charge in [0, 0.05) is 12.4 Å². The molecule has 0 bridgehead atoms. The predicted octanol–water partition coefficient (Wildman–Crippen LogP) is 2.06. The Morgan fingerprint density at radius 3 is 2.31 bits per heavy atom. The summed E-state index contributed by atoms with van der Waals surface area (Å²) < 4.78 is 36.0. The molecule has 2 rings (SSSR count). The normalized spacial score (nSPS) is 10.0. The molecular weight excluding hydrogens is 350 g/mol. The number of nitrogens with zero attached hydrogens (tertiary/aromatic N) is 4. The van der Waals surface area contributed by atoms with Crippen molar-refractivity contribution in [3.63, 3.8) is 0 Å². The minimum atomic E-state index is -0.548. The fraction of sp³-hybridized carbons (Fsp3) is 0.500. The van der Waals surface area contributed by atoms with Gasteiger partial charge in [0.1, 0.15) is 19.0 Å². The van der Waals surface area contributed by atoms with Crippen LogP contribution in [0.4, 0.5) is 8.78 Å². The number of alkyl halides is 2. The molecular formula is C16H22F2N4O4. The molecule has 0 aliphatic carbocycles. The molecule has 0 saturated carbocycles. The maximum atomic E-state index is 12.0. The zero-order chi connectivity index (χ0) is 19.4. The van der Waals surface area contributed by atoms with Gasteiger partial charge in [0.05, 0.1) is 26.3 Å². The Hall–Kier alpha value is -2.78. The first-order valence-electron chi connectivity index (χ1n) is 8.08. The van der Waals surface area contributed by atoms with Crippen molar-refractivity contribution < 1.29 is 27.8 Å². The Balaban J connectivity index is 0.000000260. The number of rotatable bonds is 8. The number of ether oxygens (including phenoxy) is 2. The summed E-state index contributed by atoms with van der Waals surface area (Å²) in [6.45, 7) is 3.26. The molecule has 2 heterocycles. The van der Waals surface area contributed by atoms with Gasteiger partial charge in [-0.25, -0.2) is 18.4 Å². The number of aryl methyl sites for hydroxylation is 2. The second kappa shape index (κ2) is 11.7. The van der Waals surface area contributed by atoms with Gasteiger partial charge in [-0.15, -0.1) is 0 Å². The molecule has 144 valence electrons. The topological polar surface area (TPSA) is 88.2 Å². The van der Waals surface area contributed by atoms with Gasteiger partial charge in [-0.05, 0) is 26.0 Å². The molecule has 2 aromatic rings. The molecule has 0 N–H and O–H groups in total. The second-order valence-electron chi connectivity index (χ2n) is 4.72. The fourth-order valence-electron chi connectivity index (χ4n) is 1.86. The van der Waals surface area contributed by atoms with E-state index in [1.165, 1.54) is 27.7 Å². The van der Waals surface area contributed by atoms with Crippen LogP contribution in [-0.2, 0) is 22.6 Å². The van der Waals surface area contributed by atoms with Gasteiger partial charge in [0.25, 0.3) is 0 Å². The van der Waals surface area contributed by atoms with E-state index >= 15 is 0 Å². The van der Waals surface area contributed by atoms with Crippen LogP contribution in [0.1, 0.15) is 34.8 Å². The zero-order valence-electron chi connectivity index (χ0n) is 14.7. The monoisotopic (exact) mass is 372 g/mol. The largest absolute Gasteiger partial charge is 0.461 e. The van der Waals surface area contributed by atoms with Crippen LogP contribution < -0.4 is 0 Å².